The van der Waals surface area contributed by atoms with E-state index in [0.717, 1.165) is 0 Å². The third-order valence-corrected chi connectivity index (χ3v) is 1.76. The van der Waals surface area contributed by atoms with Crippen LogP contribution in [0.4, 0.5) is 0 Å². The third kappa shape index (κ3) is 2.85. The predicted octanol–water partition coefficient (Wildman–Crippen LogP) is 1.58. The molecule has 0 fully saturated rings. The highest BCUT2D eigenvalue weighted by atomic mass is 32.1. The van der Waals surface area contributed by atoms with E-state index in [-0.39, 0.29) is 6.42 Å². The van der Waals surface area contributed by atoms with Crippen LogP contribution in [-0.2, 0) is 11.2 Å². The van der Waals surface area contributed by atoms with Crippen molar-refractivity contribution in [1.82, 2.24) is 0 Å². The van der Waals surface area contributed by atoms with Gasteiger partial charge in [0.25, 0.3) is 0 Å². The van der Waals surface area contributed by atoms with Gasteiger partial charge in [0, 0.05) is 10.5 Å². The summed E-state index contributed by atoms with van der Waals surface area (Å²) in [5.74, 6) is 1.57. The maximum atomic E-state index is 10.4. The molecule has 0 aliphatic rings. The highest BCUT2D eigenvalue weighted by Gasteiger charge is 2.02. The van der Waals surface area contributed by atoms with E-state index < -0.39 is 5.97 Å². The minimum absolute atomic E-state index is 0.0247. The Hall–Kier alpha value is -1.40. The molecule has 0 spiro atoms. The number of carboxylic acid groups (broad SMARTS) is 1. The summed E-state index contributed by atoms with van der Waals surface area (Å²) < 4.78 is 0. The van der Waals surface area contributed by atoms with E-state index >= 15 is 0 Å². The molecule has 1 aromatic carbocycles. The Morgan fingerprint density at radius 1 is 1.54 bits per heavy atom. The first-order valence-electron chi connectivity index (χ1n) is 3.63. The van der Waals surface area contributed by atoms with Crippen molar-refractivity contribution in [3.8, 4) is 12.3 Å². The molecule has 1 rings (SSSR count). The van der Waals surface area contributed by atoms with Crippen LogP contribution in [0, 0.1) is 12.3 Å². The van der Waals surface area contributed by atoms with Gasteiger partial charge in [-0.05, 0) is 23.8 Å². The molecule has 0 saturated carbocycles. The Morgan fingerprint density at radius 2 is 2.23 bits per heavy atom. The summed E-state index contributed by atoms with van der Waals surface area (Å²) in [7, 11) is 0. The van der Waals surface area contributed by atoms with Gasteiger partial charge in [-0.25, -0.2) is 0 Å². The van der Waals surface area contributed by atoms with Crippen molar-refractivity contribution in [3.05, 3.63) is 29.3 Å². The van der Waals surface area contributed by atoms with Gasteiger partial charge in [-0.1, -0.05) is 5.92 Å². The Morgan fingerprint density at radius 3 is 2.77 bits per heavy atom. The zero-order valence-electron chi connectivity index (χ0n) is 6.82. The maximum Gasteiger partial charge on any atom is 0.307 e. The standard InChI is InChI=1S/C10H8O2S/c1-2-7-3-8(6-10(11)12)5-9(13)4-7/h1,3-5,13H,6H2,(H,11,12). The number of hydrogen-bond donors (Lipinski definition) is 2. The molecule has 1 aromatic rings. The van der Waals surface area contributed by atoms with Crippen LogP contribution >= 0.6 is 12.6 Å². The van der Waals surface area contributed by atoms with Crippen molar-refractivity contribution in [1.29, 1.82) is 0 Å². The quantitative estimate of drug-likeness (QED) is 0.551. The van der Waals surface area contributed by atoms with Crippen molar-refractivity contribution in [2.75, 3.05) is 0 Å². The number of benzene rings is 1. The second-order valence-electron chi connectivity index (χ2n) is 2.60. The molecule has 0 bridgehead atoms. The van der Waals surface area contributed by atoms with Crippen molar-refractivity contribution >= 4 is 18.6 Å². The lowest BCUT2D eigenvalue weighted by atomic mass is 10.1. The third-order valence-electron chi connectivity index (χ3n) is 1.50. The van der Waals surface area contributed by atoms with Crippen LogP contribution < -0.4 is 0 Å². The monoisotopic (exact) mass is 192 g/mol. The number of hydrogen-bond acceptors (Lipinski definition) is 2. The lowest BCUT2D eigenvalue weighted by Crippen LogP contribution is -2.00. The molecular weight excluding hydrogens is 184 g/mol. The van der Waals surface area contributed by atoms with E-state index in [1.165, 1.54) is 0 Å². The molecule has 0 saturated heterocycles. The first kappa shape index (κ1) is 9.69. The van der Waals surface area contributed by atoms with Crippen molar-refractivity contribution < 1.29 is 9.90 Å². The zero-order chi connectivity index (χ0) is 9.84. The van der Waals surface area contributed by atoms with E-state index in [4.69, 9.17) is 11.5 Å². The summed E-state index contributed by atoms with van der Waals surface area (Å²) in [6.45, 7) is 0. The highest BCUT2D eigenvalue weighted by molar-refractivity contribution is 7.80. The van der Waals surface area contributed by atoms with Crippen molar-refractivity contribution in [2.24, 2.45) is 0 Å². The maximum absolute atomic E-state index is 10.4. The molecule has 3 heteroatoms. The molecule has 0 aliphatic heterocycles. The van der Waals surface area contributed by atoms with E-state index in [1.54, 1.807) is 18.2 Å². The first-order chi connectivity index (χ1) is 6.11. The van der Waals surface area contributed by atoms with Crippen molar-refractivity contribution in [3.63, 3.8) is 0 Å². The molecule has 0 atom stereocenters. The molecule has 0 radical (unpaired) electrons. The van der Waals surface area contributed by atoms with Gasteiger partial charge in [0.15, 0.2) is 0 Å². The molecule has 0 aliphatic carbocycles. The Balaban J connectivity index is 3.03. The van der Waals surface area contributed by atoms with Gasteiger partial charge >= 0.3 is 5.97 Å². The normalized spacial score (nSPS) is 9.23. The fourth-order valence-electron chi connectivity index (χ4n) is 1.03. The Kier molecular flexibility index (Phi) is 2.99. The summed E-state index contributed by atoms with van der Waals surface area (Å²) in [5, 5.41) is 8.54. The van der Waals surface area contributed by atoms with Crippen LogP contribution in [0.5, 0.6) is 0 Å². The molecule has 0 amide bonds. The van der Waals surface area contributed by atoms with Crippen LogP contribution in [0.3, 0.4) is 0 Å². The average Bonchev–Trinajstić information content (AvgIpc) is 2.01. The van der Waals surface area contributed by atoms with E-state index in [1.807, 2.05) is 0 Å². The highest BCUT2D eigenvalue weighted by Crippen LogP contribution is 2.13. The van der Waals surface area contributed by atoms with Gasteiger partial charge in [0.2, 0.25) is 0 Å². The summed E-state index contributed by atoms with van der Waals surface area (Å²) in [6.07, 6.45) is 5.16. The minimum Gasteiger partial charge on any atom is -0.481 e. The molecule has 2 nitrogen and oxygen atoms in total. The smallest absolute Gasteiger partial charge is 0.307 e. The zero-order valence-corrected chi connectivity index (χ0v) is 7.71. The Bertz CT molecular complexity index is 377. The van der Waals surface area contributed by atoms with Crippen LogP contribution in [0.1, 0.15) is 11.1 Å². The van der Waals surface area contributed by atoms with Crippen LogP contribution in [-0.4, -0.2) is 11.1 Å². The molecule has 1 N–H and O–H groups in total. The number of thiol groups is 1. The van der Waals surface area contributed by atoms with Gasteiger partial charge in [-0.3, -0.25) is 4.79 Å². The molecule has 0 heterocycles. The number of carboxylic acids is 1. The lowest BCUT2D eigenvalue weighted by Gasteiger charge is -2.00. The molecular formula is C10H8O2S. The van der Waals surface area contributed by atoms with E-state index in [9.17, 15) is 4.79 Å². The molecule has 0 unspecified atom stereocenters. The number of carbonyl (C=O) groups is 1. The van der Waals surface area contributed by atoms with Gasteiger partial charge in [0.1, 0.15) is 0 Å². The predicted molar refractivity (Wildman–Crippen MR) is 53.0 cm³/mol. The second-order valence-corrected chi connectivity index (χ2v) is 3.12. The number of aliphatic carboxylic acids is 1. The summed E-state index contributed by atoms with van der Waals surface area (Å²) >= 11 is 4.11. The van der Waals surface area contributed by atoms with Gasteiger partial charge in [0.05, 0.1) is 6.42 Å². The largest absolute Gasteiger partial charge is 0.481 e. The van der Waals surface area contributed by atoms with Gasteiger partial charge < -0.3 is 5.11 Å². The average molecular weight is 192 g/mol. The van der Waals surface area contributed by atoms with Crippen molar-refractivity contribution in [2.45, 2.75) is 11.3 Å². The SMILES string of the molecule is C#Cc1cc(S)cc(CC(=O)O)c1. The summed E-state index contributed by atoms with van der Waals surface area (Å²) in [6, 6.07) is 5.08. The Labute approximate surface area is 82.0 Å². The van der Waals surface area contributed by atoms with Crippen LogP contribution in [0.15, 0.2) is 23.1 Å². The minimum atomic E-state index is -0.873. The topological polar surface area (TPSA) is 37.3 Å². The van der Waals surface area contributed by atoms with Gasteiger partial charge in [-0.2, -0.15) is 0 Å². The number of terminal acetylenes is 1. The summed E-state index contributed by atoms with van der Waals surface area (Å²) in [5.41, 5.74) is 1.33. The van der Waals surface area contributed by atoms with Crippen LogP contribution in [0.25, 0.3) is 0 Å². The van der Waals surface area contributed by atoms with Gasteiger partial charge in [-0.15, -0.1) is 19.1 Å². The fourth-order valence-corrected chi connectivity index (χ4v) is 1.34. The molecule has 0 aromatic heterocycles. The first-order valence-corrected chi connectivity index (χ1v) is 4.08. The summed E-state index contributed by atoms with van der Waals surface area (Å²) in [4.78, 5) is 11.1. The van der Waals surface area contributed by atoms with Crippen LogP contribution in [0.2, 0.25) is 0 Å². The van der Waals surface area contributed by atoms with E-state index in [2.05, 4.69) is 18.5 Å². The molecule has 66 valence electrons. The lowest BCUT2D eigenvalue weighted by molar-refractivity contribution is -0.136. The number of rotatable bonds is 2. The fraction of sp³-hybridized carbons (Fsp3) is 0.100. The molecule has 13 heavy (non-hydrogen) atoms. The van der Waals surface area contributed by atoms with E-state index in [0.29, 0.717) is 16.0 Å². The second kappa shape index (κ2) is 4.01.